The highest BCUT2D eigenvalue weighted by molar-refractivity contribution is 7.19. The van der Waals surface area contributed by atoms with Gasteiger partial charge < -0.3 is 14.2 Å². The summed E-state index contributed by atoms with van der Waals surface area (Å²) in [6, 6.07) is 13.7. The molecule has 4 aromatic rings. The molecule has 0 aliphatic carbocycles. The summed E-state index contributed by atoms with van der Waals surface area (Å²) >= 11 is 1.54. The summed E-state index contributed by atoms with van der Waals surface area (Å²) in [5.41, 5.74) is 2.91. The van der Waals surface area contributed by atoms with Crippen LogP contribution in [-0.4, -0.2) is 28.5 Å². The third-order valence-electron chi connectivity index (χ3n) is 4.05. The topological polar surface area (TPSA) is 57.9 Å². The lowest BCUT2D eigenvalue weighted by molar-refractivity contribution is 0.174. The molecule has 5 rings (SSSR count). The number of benzene rings is 2. The number of rotatable bonds is 3. The molecule has 0 saturated heterocycles. The van der Waals surface area contributed by atoms with Crippen LogP contribution in [0.1, 0.15) is 0 Å². The van der Waals surface area contributed by atoms with Gasteiger partial charge in [0.25, 0.3) is 0 Å². The summed E-state index contributed by atoms with van der Waals surface area (Å²) in [6.45, 7) is 0.269. The van der Waals surface area contributed by atoms with E-state index in [2.05, 4.69) is 10.1 Å². The molecule has 0 saturated carbocycles. The molecule has 124 valence electrons. The number of hydrogen-bond acceptors (Lipinski definition) is 6. The zero-order chi connectivity index (χ0) is 16.8. The molecule has 0 unspecified atom stereocenters. The van der Waals surface area contributed by atoms with Gasteiger partial charge in [-0.2, -0.15) is 5.10 Å². The monoisotopic (exact) mass is 351 g/mol. The number of nitrogens with zero attached hydrogens (tertiary/aromatic N) is 3. The van der Waals surface area contributed by atoms with Crippen LogP contribution in [-0.2, 0) is 0 Å². The van der Waals surface area contributed by atoms with E-state index in [0.717, 1.165) is 44.0 Å². The minimum atomic E-state index is 0.269. The molecule has 6 nitrogen and oxygen atoms in total. The average molecular weight is 351 g/mol. The first-order chi connectivity index (χ1) is 12.3. The molecule has 1 aliphatic rings. The molecule has 3 heterocycles. The lowest BCUT2D eigenvalue weighted by Crippen LogP contribution is -1.92. The Morgan fingerprint density at radius 1 is 1.04 bits per heavy atom. The molecule has 0 fully saturated rings. The van der Waals surface area contributed by atoms with Gasteiger partial charge in [-0.05, 0) is 42.5 Å². The fourth-order valence-corrected chi connectivity index (χ4v) is 3.62. The Morgan fingerprint density at radius 3 is 2.64 bits per heavy atom. The Labute approximate surface area is 147 Å². The van der Waals surface area contributed by atoms with E-state index in [4.69, 9.17) is 14.2 Å². The van der Waals surface area contributed by atoms with Crippen LogP contribution in [0.2, 0.25) is 0 Å². The molecule has 0 radical (unpaired) electrons. The average Bonchev–Trinajstić information content (AvgIpc) is 3.35. The van der Waals surface area contributed by atoms with Gasteiger partial charge in [0.2, 0.25) is 11.8 Å². The minimum Gasteiger partial charge on any atom is -0.497 e. The van der Waals surface area contributed by atoms with Gasteiger partial charge in [0, 0.05) is 11.1 Å². The number of hydrogen-bond donors (Lipinski definition) is 0. The normalized spacial score (nSPS) is 12.7. The van der Waals surface area contributed by atoms with E-state index >= 15 is 0 Å². The van der Waals surface area contributed by atoms with Gasteiger partial charge in [-0.3, -0.25) is 0 Å². The van der Waals surface area contributed by atoms with Crippen molar-refractivity contribution in [3.05, 3.63) is 48.7 Å². The van der Waals surface area contributed by atoms with E-state index in [0.29, 0.717) is 0 Å². The van der Waals surface area contributed by atoms with Crippen molar-refractivity contribution in [2.75, 3.05) is 13.9 Å². The van der Waals surface area contributed by atoms with Crippen molar-refractivity contribution in [3.8, 4) is 39.1 Å². The SMILES string of the molecule is COc1ccc(-c2cn3nc(-c4ccc5c(c4)OCO5)sc3n2)cc1. The van der Waals surface area contributed by atoms with Crippen molar-refractivity contribution < 1.29 is 14.2 Å². The molecule has 0 amide bonds. The van der Waals surface area contributed by atoms with Crippen molar-refractivity contribution >= 4 is 16.3 Å². The molecule has 7 heteroatoms. The second-order valence-corrected chi connectivity index (χ2v) is 6.51. The summed E-state index contributed by atoms with van der Waals surface area (Å²) in [5, 5.41) is 5.53. The van der Waals surface area contributed by atoms with Gasteiger partial charge in [-0.25, -0.2) is 9.50 Å². The Kier molecular flexibility index (Phi) is 3.14. The van der Waals surface area contributed by atoms with Crippen LogP contribution in [0.25, 0.3) is 26.8 Å². The third-order valence-corrected chi connectivity index (χ3v) is 5.02. The van der Waals surface area contributed by atoms with Gasteiger partial charge in [0.05, 0.1) is 19.0 Å². The van der Waals surface area contributed by atoms with Crippen molar-refractivity contribution in [1.29, 1.82) is 0 Å². The van der Waals surface area contributed by atoms with Gasteiger partial charge in [0.15, 0.2) is 11.5 Å². The van der Waals surface area contributed by atoms with E-state index in [1.54, 1.807) is 7.11 Å². The molecule has 0 spiro atoms. The molecule has 2 aromatic heterocycles. The van der Waals surface area contributed by atoms with E-state index in [9.17, 15) is 0 Å². The predicted octanol–water partition coefficient (Wildman–Crippen LogP) is 3.86. The highest BCUT2D eigenvalue weighted by Crippen LogP contribution is 2.37. The maximum atomic E-state index is 5.43. The first-order valence-corrected chi connectivity index (χ1v) is 8.52. The number of aromatic nitrogens is 3. The molecule has 0 bridgehead atoms. The lowest BCUT2D eigenvalue weighted by Gasteiger charge is -2.00. The quantitative estimate of drug-likeness (QED) is 0.561. The number of methoxy groups -OCH3 is 1. The van der Waals surface area contributed by atoms with Crippen LogP contribution in [0, 0.1) is 0 Å². The van der Waals surface area contributed by atoms with E-state index in [1.807, 2.05) is 53.2 Å². The maximum absolute atomic E-state index is 5.43. The Hall–Kier alpha value is -3.06. The summed E-state index contributed by atoms with van der Waals surface area (Å²) in [5.74, 6) is 2.35. The van der Waals surface area contributed by atoms with Gasteiger partial charge in [0.1, 0.15) is 10.8 Å². The standard InChI is InChI=1S/C18H13N3O3S/c1-22-13-5-2-11(3-6-13)14-9-21-18(19-14)25-17(20-21)12-4-7-15-16(8-12)24-10-23-15/h2-9H,10H2,1H3. The van der Waals surface area contributed by atoms with Gasteiger partial charge >= 0.3 is 0 Å². The fraction of sp³-hybridized carbons (Fsp3) is 0.111. The summed E-state index contributed by atoms with van der Waals surface area (Å²) in [6.07, 6.45) is 1.93. The second kappa shape index (κ2) is 5.49. The molecule has 25 heavy (non-hydrogen) atoms. The van der Waals surface area contributed by atoms with Crippen LogP contribution >= 0.6 is 11.3 Å². The van der Waals surface area contributed by atoms with Crippen molar-refractivity contribution in [3.63, 3.8) is 0 Å². The van der Waals surface area contributed by atoms with Gasteiger partial charge in [-0.1, -0.05) is 11.3 Å². The molecular weight excluding hydrogens is 338 g/mol. The summed E-state index contributed by atoms with van der Waals surface area (Å²) < 4.78 is 17.8. The Morgan fingerprint density at radius 2 is 1.84 bits per heavy atom. The predicted molar refractivity (Wildman–Crippen MR) is 94.4 cm³/mol. The van der Waals surface area contributed by atoms with Crippen LogP contribution in [0.3, 0.4) is 0 Å². The molecule has 1 aliphatic heterocycles. The second-order valence-electron chi connectivity index (χ2n) is 5.56. The number of fused-ring (bicyclic) bond motifs is 2. The molecule has 0 atom stereocenters. The highest BCUT2D eigenvalue weighted by atomic mass is 32.1. The van der Waals surface area contributed by atoms with Crippen LogP contribution in [0.15, 0.2) is 48.7 Å². The number of ether oxygens (including phenoxy) is 3. The summed E-state index contributed by atoms with van der Waals surface area (Å²) in [4.78, 5) is 5.53. The van der Waals surface area contributed by atoms with Crippen LogP contribution in [0.4, 0.5) is 0 Å². The van der Waals surface area contributed by atoms with E-state index < -0.39 is 0 Å². The smallest absolute Gasteiger partial charge is 0.231 e. The van der Waals surface area contributed by atoms with Crippen molar-refractivity contribution in [2.45, 2.75) is 0 Å². The first kappa shape index (κ1) is 14.3. The Balaban J connectivity index is 1.50. The third kappa shape index (κ3) is 2.40. The molecule has 2 aromatic carbocycles. The van der Waals surface area contributed by atoms with Crippen LogP contribution in [0.5, 0.6) is 17.2 Å². The fourth-order valence-electron chi connectivity index (χ4n) is 2.75. The lowest BCUT2D eigenvalue weighted by atomic mass is 10.2. The van der Waals surface area contributed by atoms with E-state index in [-0.39, 0.29) is 6.79 Å². The van der Waals surface area contributed by atoms with E-state index in [1.165, 1.54) is 11.3 Å². The van der Waals surface area contributed by atoms with Crippen molar-refractivity contribution in [1.82, 2.24) is 14.6 Å². The minimum absolute atomic E-state index is 0.269. The first-order valence-electron chi connectivity index (χ1n) is 7.71. The zero-order valence-electron chi connectivity index (χ0n) is 13.3. The van der Waals surface area contributed by atoms with Crippen LogP contribution < -0.4 is 14.2 Å². The molecular formula is C18H13N3O3S. The summed E-state index contributed by atoms with van der Waals surface area (Å²) in [7, 11) is 1.66. The number of imidazole rings is 1. The van der Waals surface area contributed by atoms with Gasteiger partial charge in [-0.15, -0.1) is 0 Å². The highest BCUT2D eigenvalue weighted by Gasteiger charge is 2.16. The maximum Gasteiger partial charge on any atom is 0.231 e. The van der Waals surface area contributed by atoms with Crippen molar-refractivity contribution in [2.24, 2.45) is 0 Å². The molecule has 0 N–H and O–H groups in total. The zero-order valence-corrected chi connectivity index (χ0v) is 14.1. The largest absolute Gasteiger partial charge is 0.497 e. The Bertz CT molecular complexity index is 1040.